The molecule has 16 heavy (non-hydrogen) atoms. The summed E-state index contributed by atoms with van der Waals surface area (Å²) in [5.41, 5.74) is 4.17. The lowest BCUT2D eigenvalue weighted by Gasteiger charge is -1.96. The number of allylic oxidation sites excluding steroid dienone is 8. The first-order chi connectivity index (χ1) is 7.56. The quantitative estimate of drug-likeness (QED) is 0.343. The van der Waals surface area contributed by atoms with E-state index in [1.54, 1.807) is 0 Å². The fraction of sp³-hybridized carbons (Fsp3) is 0.467. The van der Waals surface area contributed by atoms with Gasteiger partial charge in [0.15, 0.2) is 0 Å². The van der Waals surface area contributed by atoms with Gasteiger partial charge in [0.25, 0.3) is 0 Å². The molecule has 1 heteroatoms. The van der Waals surface area contributed by atoms with E-state index in [9.17, 15) is 0 Å². The first-order valence-electron chi connectivity index (χ1n) is 5.90. The molecule has 0 heterocycles. The Kier molecular flexibility index (Phi) is 9.24. The Morgan fingerprint density at radius 1 is 1.06 bits per heavy atom. The first-order valence-corrected chi connectivity index (χ1v) is 6.72. The van der Waals surface area contributed by atoms with Gasteiger partial charge in [0.2, 0.25) is 0 Å². The highest BCUT2D eigenvalue weighted by molar-refractivity contribution is 7.16. The average Bonchev–Trinajstić information content (AvgIpc) is 2.17. The Balaban J connectivity index is 4.04. The summed E-state index contributed by atoms with van der Waals surface area (Å²) in [6.07, 6.45) is 14.3. The maximum absolute atomic E-state index is 2.71. The van der Waals surface area contributed by atoms with Crippen molar-refractivity contribution in [1.29, 1.82) is 0 Å². The Morgan fingerprint density at radius 2 is 1.75 bits per heavy atom. The van der Waals surface area contributed by atoms with Crippen molar-refractivity contribution >= 4 is 9.24 Å². The molecule has 0 amide bonds. The van der Waals surface area contributed by atoms with Gasteiger partial charge in [0, 0.05) is 0 Å². The van der Waals surface area contributed by atoms with Gasteiger partial charge >= 0.3 is 0 Å². The Hall–Kier alpha value is -0.610. The predicted octanol–water partition coefficient (Wildman–Crippen LogP) is 5.06. The van der Waals surface area contributed by atoms with Crippen LogP contribution in [0.25, 0.3) is 0 Å². The van der Waals surface area contributed by atoms with Crippen molar-refractivity contribution < 1.29 is 0 Å². The lowest BCUT2D eigenvalue weighted by molar-refractivity contribution is 0.967. The number of hydrogen-bond donors (Lipinski definition) is 0. The number of rotatable bonds is 6. The van der Waals surface area contributed by atoms with Gasteiger partial charge in [-0.2, -0.15) is 0 Å². The highest BCUT2D eigenvalue weighted by Crippen LogP contribution is 2.07. The molecule has 90 valence electrons. The molecule has 0 aliphatic heterocycles. The third-order valence-electron chi connectivity index (χ3n) is 2.27. The molecule has 0 fully saturated rings. The second kappa shape index (κ2) is 9.60. The second-order valence-electron chi connectivity index (χ2n) is 4.38. The lowest BCUT2D eigenvalue weighted by atomic mass is 10.1. The lowest BCUT2D eigenvalue weighted by Crippen LogP contribution is -1.76. The SMILES string of the molecule is CC(C)=CCCC(C)=CC=CC(C)=CCP. The van der Waals surface area contributed by atoms with Crippen molar-refractivity contribution in [3.63, 3.8) is 0 Å². The molecule has 0 aliphatic rings. The van der Waals surface area contributed by atoms with Gasteiger partial charge < -0.3 is 0 Å². The first kappa shape index (κ1) is 15.4. The minimum absolute atomic E-state index is 1.03. The molecule has 0 aliphatic carbocycles. The van der Waals surface area contributed by atoms with E-state index in [4.69, 9.17) is 0 Å². The third-order valence-corrected chi connectivity index (χ3v) is 2.51. The standard InChI is InChI=1S/C15H25P/c1-13(2)7-5-8-14(3)9-6-10-15(4)11-12-16/h6-7,9-11H,5,8,12,16H2,1-4H3. The van der Waals surface area contributed by atoms with E-state index < -0.39 is 0 Å². The Labute approximate surface area is 103 Å². The monoisotopic (exact) mass is 236 g/mol. The van der Waals surface area contributed by atoms with E-state index in [1.807, 2.05) is 0 Å². The van der Waals surface area contributed by atoms with Crippen LogP contribution in [-0.4, -0.2) is 6.16 Å². The van der Waals surface area contributed by atoms with E-state index in [0.29, 0.717) is 0 Å². The Morgan fingerprint density at radius 3 is 2.31 bits per heavy atom. The molecule has 0 aromatic heterocycles. The molecule has 1 unspecified atom stereocenters. The van der Waals surface area contributed by atoms with Gasteiger partial charge in [-0.1, -0.05) is 47.1 Å². The van der Waals surface area contributed by atoms with Crippen LogP contribution in [0.15, 0.2) is 47.1 Å². The molecular weight excluding hydrogens is 211 g/mol. The van der Waals surface area contributed by atoms with E-state index >= 15 is 0 Å². The zero-order valence-electron chi connectivity index (χ0n) is 11.1. The van der Waals surface area contributed by atoms with Crippen LogP contribution in [0.3, 0.4) is 0 Å². The van der Waals surface area contributed by atoms with Crippen molar-refractivity contribution in [2.75, 3.05) is 6.16 Å². The fourth-order valence-corrected chi connectivity index (χ4v) is 1.66. The van der Waals surface area contributed by atoms with E-state index in [-0.39, 0.29) is 0 Å². The summed E-state index contributed by atoms with van der Waals surface area (Å²) in [5, 5.41) is 0. The van der Waals surface area contributed by atoms with Crippen LogP contribution in [-0.2, 0) is 0 Å². The van der Waals surface area contributed by atoms with Crippen LogP contribution in [0, 0.1) is 0 Å². The summed E-state index contributed by atoms with van der Waals surface area (Å²) in [4.78, 5) is 0. The zero-order chi connectivity index (χ0) is 12.4. The molecule has 0 saturated carbocycles. The van der Waals surface area contributed by atoms with E-state index in [0.717, 1.165) is 19.0 Å². The maximum Gasteiger partial charge on any atom is -0.0194 e. The van der Waals surface area contributed by atoms with Gasteiger partial charge in [-0.25, -0.2) is 0 Å². The zero-order valence-corrected chi connectivity index (χ0v) is 12.2. The third kappa shape index (κ3) is 9.93. The number of hydrogen-bond acceptors (Lipinski definition) is 0. The molecule has 0 bridgehead atoms. The minimum Gasteiger partial charge on any atom is -0.134 e. The highest BCUT2D eigenvalue weighted by atomic mass is 31.0. The van der Waals surface area contributed by atoms with Gasteiger partial charge in [-0.05, 0) is 46.7 Å². The van der Waals surface area contributed by atoms with Crippen molar-refractivity contribution in [2.45, 2.75) is 40.5 Å². The molecule has 0 saturated heterocycles. The van der Waals surface area contributed by atoms with Gasteiger partial charge in [0.05, 0.1) is 0 Å². The molecule has 0 spiro atoms. The van der Waals surface area contributed by atoms with Crippen LogP contribution in [0.5, 0.6) is 0 Å². The highest BCUT2D eigenvalue weighted by Gasteiger charge is 1.86. The van der Waals surface area contributed by atoms with E-state index in [2.05, 4.69) is 67.3 Å². The summed E-state index contributed by atoms with van der Waals surface area (Å²) < 4.78 is 0. The molecule has 1 atom stereocenters. The van der Waals surface area contributed by atoms with Crippen molar-refractivity contribution in [3.8, 4) is 0 Å². The minimum atomic E-state index is 1.03. The molecule has 0 aromatic carbocycles. The summed E-state index contributed by atoms with van der Waals surface area (Å²) in [5.74, 6) is 0. The van der Waals surface area contributed by atoms with Crippen molar-refractivity contribution in [3.05, 3.63) is 47.1 Å². The van der Waals surface area contributed by atoms with Crippen LogP contribution < -0.4 is 0 Å². The van der Waals surface area contributed by atoms with Crippen molar-refractivity contribution in [1.82, 2.24) is 0 Å². The molecule has 0 aromatic rings. The normalized spacial score (nSPS) is 13.3. The molecule has 0 N–H and O–H groups in total. The topological polar surface area (TPSA) is 0 Å². The van der Waals surface area contributed by atoms with Gasteiger partial charge in [0.1, 0.15) is 0 Å². The van der Waals surface area contributed by atoms with Crippen molar-refractivity contribution in [2.24, 2.45) is 0 Å². The van der Waals surface area contributed by atoms with Gasteiger partial charge in [-0.3, -0.25) is 0 Å². The fourth-order valence-electron chi connectivity index (χ4n) is 1.29. The molecule has 0 rings (SSSR count). The summed E-state index contributed by atoms with van der Waals surface area (Å²) in [6.45, 7) is 8.62. The second-order valence-corrected chi connectivity index (χ2v) is 4.85. The van der Waals surface area contributed by atoms with Crippen LogP contribution >= 0.6 is 9.24 Å². The maximum atomic E-state index is 2.71. The predicted molar refractivity (Wildman–Crippen MR) is 79.9 cm³/mol. The van der Waals surface area contributed by atoms with Crippen LogP contribution in [0.1, 0.15) is 40.5 Å². The van der Waals surface area contributed by atoms with Gasteiger partial charge in [-0.15, -0.1) is 9.24 Å². The van der Waals surface area contributed by atoms with E-state index in [1.165, 1.54) is 16.7 Å². The molecule has 0 nitrogen and oxygen atoms in total. The summed E-state index contributed by atoms with van der Waals surface area (Å²) in [7, 11) is 2.71. The van der Waals surface area contributed by atoms with Crippen LogP contribution in [0.4, 0.5) is 0 Å². The summed E-state index contributed by atoms with van der Waals surface area (Å²) in [6, 6.07) is 0. The van der Waals surface area contributed by atoms with Crippen LogP contribution in [0.2, 0.25) is 0 Å². The molecular formula is C15H25P. The summed E-state index contributed by atoms with van der Waals surface area (Å²) >= 11 is 0. The smallest absolute Gasteiger partial charge is 0.0194 e. The Bertz CT molecular complexity index is 299. The molecule has 0 radical (unpaired) electrons. The largest absolute Gasteiger partial charge is 0.134 e. The average molecular weight is 236 g/mol.